The molecule has 0 heterocycles. The maximum Gasteiger partial charge on any atom is 0.0761 e. The molecule has 1 saturated carbocycles. The summed E-state index contributed by atoms with van der Waals surface area (Å²) in [4.78, 5) is 0. The number of aliphatic hydroxyl groups excluding tert-OH is 1. The number of halogens is 2. The molecule has 1 aliphatic rings. The Hall–Kier alpha value is 0.1000. The summed E-state index contributed by atoms with van der Waals surface area (Å²) in [6.45, 7) is 0. The first-order valence-corrected chi connectivity index (χ1v) is 6.57. The summed E-state index contributed by atoms with van der Waals surface area (Å²) in [5.74, 6) is 0.394. The van der Waals surface area contributed by atoms with Crippen LogP contribution in [0.15, 0.2) is 27.1 Å². The monoisotopic (exact) mass is 333 g/mol. The lowest BCUT2D eigenvalue weighted by Crippen LogP contribution is -2.28. The summed E-state index contributed by atoms with van der Waals surface area (Å²) < 4.78 is 1.94. The second-order valence-electron chi connectivity index (χ2n) is 4.02. The number of aliphatic hydroxyl groups is 1. The van der Waals surface area contributed by atoms with E-state index < -0.39 is 6.10 Å². The second-order valence-corrected chi connectivity index (χ2v) is 5.79. The maximum atomic E-state index is 9.97. The van der Waals surface area contributed by atoms with Gasteiger partial charge in [0, 0.05) is 8.95 Å². The molecule has 82 valence electrons. The van der Waals surface area contributed by atoms with Crippen LogP contribution in [0.5, 0.6) is 0 Å². The standard InChI is InChI=1S/C11H13Br2NO/c12-7-3-4-9(13)8(5-7)10(14)11(15)6-1-2-6/h3-6,10-11,15H,1-2,14H2/t10-,11+/m1/s1. The highest BCUT2D eigenvalue weighted by atomic mass is 79.9. The highest BCUT2D eigenvalue weighted by Crippen LogP contribution is 2.39. The molecule has 0 spiro atoms. The van der Waals surface area contributed by atoms with Gasteiger partial charge in [-0.1, -0.05) is 31.9 Å². The van der Waals surface area contributed by atoms with Crippen molar-refractivity contribution in [2.24, 2.45) is 11.7 Å². The molecular weight excluding hydrogens is 322 g/mol. The van der Waals surface area contributed by atoms with Gasteiger partial charge in [-0.05, 0) is 42.5 Å². The van der Waals surface area contributed by atoms with Gasteiger partial charge < -0.3 is 10.8 Å². The number of hydrogen-bond donors (Lipinski definition) is 2. The highest BCUT2D eigenvalue weighted by Gasteiger charge is 2.34. The van der Waals surface area contributed by atoms with E-state index in [9.17, 15) is 5.11 Å². The van der Waals surface area contributed by atoms with Gasteiger partial charge in [-0.3, -0.25) is 0 Å². The van der Waals surface area contributed by atoms with Gasteiger partial charge in [0.2, 0.25) is 0 Å². The smallest absolute Gasteiger partial charge is 0.0761 e. The largest absolute Gasteiger partial charge is 0.391 e. The molecule has 2 atom stereocenters. The first kappa shape index (κ1) is 11.6. The van der Waals surface area contributed by atoms with Gasteiger partial charge in [0.25, 0.3) is 0 Å². The summed E-state index contributed by atoms with van der Waals surface area (Å²) in [7, 11) is 0. The van der Waals surface area contributed by atoms with Gasteiger partial charge in [0.1, 0.15) is 0 Å². The van der Waals surface area contributed by atoms with Crippen LogP contribution in [0, 0.1) is 5.92 Å². The first-order chi connectivity index (χ1) is 7.09. The van der Waals surface area contributed by atoms with Crippen molar-refractivity contribution in [2.75, 3.05) is 0 Å². The third-order valence-electron chi connectivity index (χ3n) is 2.79. The predicted octanol–water partition coefficient (Wildman–Crippen LogP) is 2.98. The molecule has 0 bridgehead atoms. The van der Waals surface area contributed by atoms with Crippen molar-refractivity contribution in [3.05, 3.63) is 32.7 Å². The molecule has 2 nitrogen and oxygen atoms in total. The zero-order valence-corrected chi connectivity index (χ0v) is 11.3. The Kier molecular flexibility index (Phi) is 3.50. The SMILES string of the molecule is N[C@H](c1cc(Br)ccc1Br)[C@@H](O)C1CC1. The summed E-state index contributed by atoms with van der Waals surface area (Å²) in [5, 5.41) is 9.97. The summed E-state index contributed by atoms with van der Waals surface area (Å²) in [6, 6.07) is 5.55. The van der Waals surface area contributed by atoms with Crippen LogP contribution in [-0.2, 0) is 0 Å². The molecule has 2 rings (SSSR count). The second kappa shape index (κ2) is 4.53. The summed E-state index contributed by atoms with van der Waals surface area (Å²) in [6.07, 6.45) is 1.77. The van der Waals surface area contributed by atoms with Crippen molar-refractivity contribution < 1.29 is 5.11 Å². The van der Waals surface area contributed by atoms with Gasteiger partial charge in [-0.25, -0.2) is 0 Å². The van der Waals surface area contributed by atoms with E-state index in [0.717, 1.165) is 27.4 Å². The van der Waals surface area contributed by atoms with E-state index >= 15 is 0 Å². The number of hydrogen-bond acceptors (Lipinski definition) is 2. The molecule has 1 aromatic carbocycles. The van der Waals surface area contributed by atoms with Crippen molar-refractivity contribution in [2.45, 2.75) is 25.0 Å². The van der Waals surface area contributed by atoms with E-state index in [2.05, 4.69) is 31.9 Å². The zero-order valence-electron chi connectivity index (χ0n) is 8.16. The minimum atomic E-state index is -0.421. The van der Waals surface area contributed by atoms with Crippen LogP contribution in [0.4, 0.5) is 0 Å². The summed E-state index contributed by atoms with van der Waals surface area (Å²) >= 11 is 6.87. The Morgan fingerprint density at radius 2 is 2.00 bits per heavy atom. The summed E-state index contributed by atoms with van der Waals surface area (Å²) in [5.41, 5.74) is 7.01. The lowest BCUT2D eigenvalue weighted by molar-refractivity contribution is 0.122. The van der Waals surface area contributed by atoms with Crippen molar-refractivity contribution in [1.82, 2.24) is 0 Å². The van der Waals surface area contributed by atoms with Crippen molar-refractivity contribution in [3.63, 3.8) is 0 Å². The lowest BCUT2D eigenvalue weighted by atomic mass is 9.99. The molecule has 3 N–H and O–H groups in total. The molecular formula is C11H13Br2NO. The van der Waals surface area contributed by atoms with Crippen LogP contribution in [0.25, 0.3) is 0 Å². The minimum Gasteiger partial charge on any atom is -0.391 e. The number of nitrogens with two attached hydrogens (primary N) is 1. The van der Waals surface area contributed by atoms with Crippen LogP contribution >= 0.6 is 31.9 Å². The average molecular weight is 335 g/mol. The molecule has 0 amide bonds. The van der Waals surface area contributed by atoms with E-state index in [-0.39, 0.29) is 6.04 Å². The molecule has 15 heavy (non-hydrogen) atoms. The molecule has 1 aliphatic carbocycles. The number of benzene rings is 1. The fourth-order valence-corrected chi connectivity index (χ4v) is 2.57. The topological polar surface area (TPSA) is 46.2 Å². The molecule has 1 fully saturated rings. The molecule has 1 aromatic rings. The predicted molar refractivity (Wildman–Crippen MR) is 67.5 cm³/mol. The first-order valence-electron chi connectivity index (χ1n) is 4.98. The van der Waals surface area contributed by atoms with Gasteiger partial charge in [-0.2, -0.15) is 0 Å². The highest BCUT2D eigenvalue weighted by molar-refractivity contribution is 9.11. The van der Waals surface area contributed by atoms with Gasteiger partial charge in [0.05, 0.1) is 12.1 Å². The van der Waals surface area contributed by atoms with E-state index in [0.29, 0.717) is 5.92 Å². The molecule has 0 aromatic heterocycles. The van der Waals surface area contributed by atoms with Crippen LogP contribution in [0.1, 0.15) is 24.4 Å². The Morgan fingerprint density at radius 3 is 2.60 bits per heavy atom. The van der Waals surface area contributed by atoms with E-state index in [1.54, 1.807) is 0 Å². The molecule has 4 heteroatoms. The average Bonchev–Trinajstić information content (AvgIpc) is 3.03. The molecule has 0 saturated heterocycles. The Bertz CT molecular complexity index is 366. The molecule has 0 unspecified atom stereocenters. The van der Waals surface area contributed by atoms with Crippen molar-refractivity contribution in [1.29, 1.82) is 0 Å². The Labute approximate surface area is 106 Å². The van der Waals surface area contributed by atoms with Crippen LogP contribution < -0.4 is 5.73 Å². The zero-order chi connectivity index (χ0) is 11.0. The van der Waals surface area contributed by atoms with E-state index in [4.69, 9.17) is 5.73 Å². The third kappa shape index (κ3) is 2.61. The van der Waals surface area contributed by atoms with E-state index in [1.807, 2.05) is 18.2 Å². The normalized spacial score (nSPS) is 20.0. The fourth-order valence-electron chi connectivity index (χ4n) is 1.68. The van der Waals surface area contributed by atoms with Crippen LogP contribution in [0.3, 0.4) is 0 Å². The van der Waals surface area contributed by atoms with Crippen molar-refractivity contribution >= 4 is 31.9 Å². The van der Waals surface area contributed by atoms with Crippen LogP contribution in [-0.4, -0.2) is 11.2 Å². The molecule has 0 aliphatic heterocycles. The van der Waals surface area contributed by atoms with E-state index in [1.165, 1.54) is 0 Å². The number of rotatable bonds is 3. The maximum absolute atomic E-state index is 9.97. The Morgan fingerprint density at radius 1 is 1.33 bits per heavy atom. The van der Waals surface area contributed by atoms with Crippen molar-refractivity contribution in [3.8, 4) is 0 Å². The lowest BCUT2D eigenvalue weighted by Gasteiger charge is -2.20. The molecule has 0 radical (unpaired) electrons. The van der Waals surface area contributed by atoms with Gasteiger partial charge >= 0.3 is 0 Å². The third-order valence-corrected chi connectivity index (χ3v) is 4.01. The van der Waals surface area contributed by atoms with Gasteiger partial charge in [-0.15, -0.1) is 0 Å². The van der Waals surface area contributed by atoms with Crippen LogP contribution in [0.2, 0.25) is 0 Å². The quantitative estimate of drug-likeness (QED) is 0.892. The fraction of sp³-hybridized carbons (Fsp3) is 0.455. The Balaban J connectivity index is 2.23. The minimum absolute atomic E-state index is 0.302. The van der Waals surface area contributed by atoms with Gasteiger partial charge in [0.15, 0.2) is 0 Å².